The van der Waals surface area contributed by atoms with Crippen LogP contribution in [0, 0.1) is 11.8 Å². The lowest BCUT2D eigenvalue weighted by Crippen LogP contribution is -2.53. The van der Waals surface area contributed by atoms with Crippen LogP contribution >= 0.6 is 0 Å². The first kappa shape index (κ1) is 30.2. The third-order valence-electron chi connectivity index (χ3n) is 5.43. The normalized spacial score (nSPS) is 15.4. The average Bonchev–Trinajstić information content (AvgIpc) is 2.64. The van der Waals surface area contributed by atoms with Crippen molar-refractivity contribution in [3.05, 3.63) is 0 Å². The van der Waals surface area contributed by atoms with E-state index in [0.717, 1.165) is 12.4 Å². The third-order valence-corrected chi connectivity index (χ3v) is 5.43. The van der Waals surface area contributed by atoms with Crippen LogP contribution in [0.25, 0.3) is 0 Å². The van der Waals surface area contributed by atoms with Gasteiger partial charge in [0.05, 0.1) is 18.6 Å². The molecule has 0 aromatic rings. The molecule has 8 heteroatoms. The molecule has 4 atom stereocenters. The van der Waals surface area contributed by atoms with Gasteiger partial charge >= 0.3 is 5.97 Å². The largest absolute Gasteiger partial charge is 0.460 e. The third kappa shape index (κ3) is 9.35. The van der Waals surface area contributed by atoms with Crippen LogP contribution in [0.15, 0.2) is 4.99 Å². The van der Waals surface area contributed by atoms with Gasteiger partial charge in [-0.2, -0.15) is 0 Å². The number of methoxy groups -OCH3 is 1. The number of likely N-dealkylation sites (N-methyl/N-ethyl adjacent to an activating group) is 1. The molecule has 1 amide bonds. The van der Waals surface area contributed by atoms with Crippen LogP contribution in [0.3, 0.4) is 0 Å². The van der Waals surface area contributed by atoms with Crippen LogP contribution in [0.2, 0.25) is 0 Å². The van der Waals surface area contributed by atoms with E-state index in [-0.39, 0.29) is 36.2 Å². The van der Waals surface area contributed by atoms with Gasteiger partial charge in [0.1, 0.15) is 11.6 Å². The monoisotopic (exact) mass is 456 g/mol. The van der Waals surface area contributed by atoms with E-state index in [1.165, 1.54) is 0 Å². The summed E-state index contributed by atoms with van der Waals surface area (Å²) in [7, 11) is 11.0. The summed E-state index contributed by atoms with van der Waals surface area (Å²) < 4.78 is 11.3. The van der Waals surface area contributed by atoms with Crippen LogP contribution in [-0.4, -0.2) is 98.7 Å². The zero-order chi connectivity index (χ0) is 25.4. The average molecular weight is 457 g/mol. The van der Waals surface area contributed by atoms with Gasteiger partial charge in [-0.15, -0.1) is 0 Å². The van der Waals surface area contributed by atoms with E-state index in [1.54, 1.807) is 19.1 Å². The molecule has 0 unspecified atom stereocenters. The maximum Gasteiger partial charge on any atom is 0.309 e. The summed E-state index contributed by atoms with van der Waals surface area (Å²) in [4.78, 5) is 36.5. The molecule has 0 radical (unpaired) electrons. The fourth-order valence-electron chi connectivity index (χ4n) is 3.73. The Morgan fingerprint density at radius 2 is 1.47 bits per heavy atom. The van der Waals surface area contributed by atoms with Crippen LogP contribution in [0.5, 0.6) is 0 Å². The number of amides is 1. The van der Waals surface area contributed by atoms with Crippen molar-refractivity contribution in [2.45, 2.75) is 85.1 Å². The van der Waals surface area contributed by atoms with E-state index >= 15 is 0 Å². The summed E-state index contributed by atoms with van der Waals surface area (Å²) >= 11 is 0. The van der Waals surface area contributed by atoms with Crippen molar-refractivity contribution in [2.75, 3.05) is 42.3 Å². The molecule has 0 saturated heterocycles. The van der Waals surface area contributed by atoms with Crippen molar-refractivity contribution in [1.29, 1.82) is 0 Å². The molecule has 0 spiro atoms. The fraction of sp³-hybridized carbons (Fsp3) is 0.875. The Labute approximate surface area is 196 Å². The summed E-state index contributed by atoms with van der Waals surface area (Å²) in [6, 6.07) is -0.839. The number of carbonyl (C=O) groups is 2. The van der Waals surface area contributed by atoms with Crippen molar-refractivity contribution in [3.8, 4) is 0 Å². The first-order chi connectivity index (χ1) is 14.6. The maximum absolute atomic E-state index is 13.7. The number of ether oxygens (including phenoxy) is 2. The second-order valence-electron chi connectivity index (χ2n) is 10.3. The van der Waals surface area contributed by atoms with Crippen LogP contribution in [0.4, 0.5) is 0 Å². The number of hydrogen-bond donors (Lipinski definition) is 0. The van der Waals surface area contributed by atoms with E-state index in [9.17, 15) is 9.59 Å². The van der Waals surface area contributed by atoms with Crippen molar-refractivity contribution in [2.24, 2.45) is 16.8 Å². The van der Waals surface area contributed by atoms with Crippen molar-refractivity contribution in [3.63, 3.8) is 0 Å². The minimum atomic E-state index is -0.574. The number of carbonyl (C=O) groups excluding carboxylic acids is 2. The molecular formula is C24H48N4O4. The molecule has 188 valence electrons. The molecule has 32 heavy (non-hydrogen) atoms. The Hall–Kier alpha value is -1.83. The van der Waals surface area contributed by atoms with Gasteiger partial charge in [0.2, 0.25) is 5.91 Å². The van der Waals surface area contributed by atoms with Crippen molar-refractivity contribution >= 4 is 17.8 Å². The zero-order valence-corrected chi connectivity index (χ0v) is 22.7. The lowest BCUT2D eigenvalue weighted by Gasteiger charge is -2.39. The van der Waals surface area contributed by atoms with Crippen LogP contribution in [-0.2, 0) is 19.1 Å². The fourth-order valence-corrected chi connectivity index (χ4v) is 3.73. The SMILES string of the molecule is CC[C@H](C)[C@@H]([C@H](CC(=O)OC(C)(C)C)OC)N(C)C(=O)[C@@H](N=C(N(C)C)N(C)C)C(C)C. The smallest absolute Gasteiger partial charge is 0.309 e. The first-order valence-corrected chi connectivity index (χ1v) is 11.5. The number of rotatable bonds is 10. The minimum absolute atomic E-state index is 0.00397. The molecule has 8 nitrogen and oxygen atoms in total. The number of nitrogens with zero attached hydrogens (tertiary/aromatic N) is 4. The Morgan fingerprint density at radius 1 is 0.969 bits per heavy atom. The molecule has 0 bridgehead atoms. The lowest BCUT2D eigenvalue weighted by molar-refractivity contribution is -0.160. The van der Waals surface area contributed by atoms with E-state index in [2.05, 4.69) is 13.8 Å². The number of hydrogen-bond acceptors (Lipinski definition) is 5. The summed E-state index contributed by atoms with van der Waals surface area (Å²) in [6.07, 6.45) is 0.441. The standard InChI is InChI=1S/C24H48N4O4/c1-14-17(4)21(18(31-13)15-19(29)32-24(5,6)7)28(12)22(30)20(16(2)3)25-23(26(8)9)27(10)11/h16-18,20-21H,14-15H2,1-13H3/t17-,18-,20-,21-/m0/s1. The molecule has 0 fully saturated rings. The summed E-state index contributed by atoms with van der Waals surface area (Å²) in [5, 5.41) is 0. The topological polar surface area (TPSA) is 74.7 Å². The van der Waals surface area contributed by atoms with Gasteiger partial charge in [0, 0.05) is 42.3 Å². The minimum Gasteiger partial charge on any atom is -0.460 e. The molecule has 0 rings (SSSR count). The first-order valence-electron chi connectivity index (χ1n) is 11.5. The Kier molecular flexibility index (Phi) is 12.3. The van der Waals surface area contributed by atoms with Gasteiger partial charge in [-0.3, -0.25) is 9.59 Å². The summed E-state index contributed by atoms with van der Waals surface area (Å²) in [6.45, 7) is 13.7. The van der Waals surface area contributed by atoms with Crippen LogP contribution in [0.1, 0.15) is 61.3 Å². The Morgan fingerprint density at radius 3 is 1.81 bits per heavy atom. The number of aliphatic imine (C=N–C) groups is 1. The van der Waals surface area contributed by atoms with Gasteiger partial charge in [-0.05, 0) is 32.6 Å². The van der Waals surface area contributed by atoms with E-state index in [1.807, 2.05) is 72.6 Å². The van der Waals surface area contributed by atoms with E-state index in [4.69, 9.17) is 14.5 Å². The van der Waals surface area contributed by atoms with E-state index in [0.29, 0.717) is 0 Å². The second kappa shape index (κ2) is 13.0. The summed E-state index contributed by atoms with van der Waals surface area (Å²) in [5.41, 5.74) is -0.574. The lowest BCUT2D eigenvalue weighted by atomic mass is 9.90. The van der Waals surface area contributed by atoms with Crippen LogP contribution < -0.4 is 0 Å². The van der Waals surface area contributed by atoms with Crippen molar-refractivity contribution < 1.29 is 19.1 Å². The molecule has 0 N–H and O–H groups in total. The predicted molar refractivity (Wildman–Crippen MR) is 131 cm³/mol. The predicted octanol–water partition coefficient (Wildman–Crippen LogP) is 3.11. The van der Waals surface area contributed by atoms with Gasteiger partial charge in [0.25, 0.3) is 0 Å². The Bertz CT molecular complexity index is 616. The van der Waals surface area contributed by atoms with Crippen molar-refractivity contribution in [1.82, 2.24) is 14.7 Å². The van der Waals surface area contributed by atoms with E-state index < -0.39 is 17.7 Å². The Balaban J connectivity index is 6.03. The molecule has 0 aromatic carbocycles. The number of guanidine groups is 1. The molecule has 0 aliphatic carbocycles. The highest BCUT2D eigenvalue weighted by molar-refractivity contribution is 5.87. The second-order valence-corrected chi connectivity index (χ2v) is 10.3. The number of esters is 1. The van der Waals surface area contributed by atoms with Gasteiger partial charge in [-0.25, -0.2) is 4.99 Å². The highest BCUT2D eigenvalue weighted by Crippen LogP contribution is 2.25. The molecular weight excluding hydrogens is 408 g/mol. The molecule has 0 saturated carbocycles. The molecule has 0 aliphatic rings. The quantitative estimate of drug-likeness (QED) is 0.286. The highest BCUT2D eigenvalue weighted by Gasteiger charge is 2.38. The molecule has 0 aliphatic heterocycles. The van der Waals surface area contributed by atoms with Gasteiger partial charge in [-0.1, -0.05) is 34.1 Å². The van der Waals surface area contributed by atoms with Gasteiger partial charge in [0.15, 0.2) is 5.96 Å². The zero-order valence-electron chi connectivity index (χ0n) is 22.7. The maximum atomic E-state index is 13.7. The summed E-state index contributed by atoms with van der Waals surface area (Å²) in [5.74, 6) is 0.430. The molecule has 0 aromatic heterocycles. The highest BCUT2D eigenvalue weighted by atomic mass is 16.6. The molecule has 0 heterocycles. The van der Waals surface area contributed by atoms with Gasteiger partial charge < -0.3 is 24.2 Å².